The van der Waals surface area contributed by atoms with E-state index in [1.165, 1.54) is 25.7 Å². The average molecular weight is 222 g/mol. The molecule has 1 saturated heterocycles. The number of rotatable bonds is 4. The third-order valence-corrected chi connectivity index (χ3v) is 3.04. The highest BCUT2D eigenvalue weighted by atomic mass is 16.5. The van der Waals surface area contributed by atoms with E-state index in [1.54, 1.807) is 7.11 Å². The Morgan fingerprint density at radius 1 is 1.56 bits per heavy atom. The van der Waals surface area contributed by atoms with Crippen molar-refractivity contribution in [1.29, 1.82) is 0 Å². The number of likely N-dealkylation sites (N-methyl/N-ethyl adjacent to an activating group) is 1. The van der Waals surface area contributed by atoms with E-state index in [1.807, 2.05) is 6.07 Å². The summed E-state index contributed by atoms with van der Waals surface area (Å²) in [4.78, 5) is 10.5. The monoisotopic (exact) mass is 222 g/mol. The number of aromatic nitrogens is 2. The van der Waals surface area contributed by atoms with Gasteiger partial charge in [-0.05, 0) is 26.4 Å². The van der Waals surface area contributed by atoms with E-state index in [0.29, 0.717) is 11.9 Å². The highest BCUT2D eigenvalue weighted by molar-refractivity contribution is 5.37. The van der Waals surface area contributed by atoms with Crippen molar-refractivity contribution in [2.75, 3.05) is 32.6 Å². The zero-order valence-corrected chi connectivity index (χ0v) is 9.81. The second-order valence-corrected chi connectivity index (χ2v) is 4.10. The Bertz CT molecular complexity index is 345. The Morgan fingerprint density at radius 2 is 2.44 bits per heavy atom. The maximum Gasteiger partial charge on any atom is 0.218 e. The summed E-state index contributed by atoms with van der Waals surface area (Å²) in [5.41, 5.74) is 0. The van der Waals surface area contributed by atoms with Gasteiger partial charge in [-0.1, -0.05) is 0 Å². The standard InChI is InChI=1S/C11H18N4O/c1-15-5-3-4-9(15)7-12-10-6-11(16-2)14-8-13-10/h6,8-9H,3-5,7H2,1-2H3,(H,12,13,14). The molecule has 0 amide bonds. The van der Waals surface area contributed by atoms with Gasteiger partial charge in [-0.2, -0.15) is 0 Å². The molecule has 1 atom stereocenters. The second kappa shape index (κ2) is 5.12. The van der Waals surface area contributed by atoms with Crippen LogP contribution >= 0.6 is 0 Å². The molecule has 0 aromatic carbocycles. The largest absolute Gasteiger partial charge is 0.481 e. The lowest BCUT2D eigenvalue weighted by Gasteiger charge is -2.19. The molecule has 1 aromatic rings. The number of nitrogens with one attached hydrogen (secondary N) is 1. The van der Waals surface area contributed by atoms with Crippen molar-refractivity contribution in [2.45, 2.75) is 18.9 Å². The first-order chi connectivity index (χ1) is 7.79. The van der Waals surface area contributed by atoms with Crippen molar-refractivity contribution in [3.63, 3.8) is 0 Å². The molecule has 2 rings (SSSR count). The lowest BCUT2D eigenvalue weighted by molar-refractivity contribution is 0.322. The number of nitrogens with zero attached hydrogens (tertiary/aromatic N) is 3. The molecule has 2 heterocycles. The zero-order chi connectivity index (χ0) is 11.4. The molecule has 1 aromatic heterocycles. The van der Waals surface area contributed by atoms with E-state index in [0.717, 1.165) is 12.4 Å². The summed E-state index contributed by atoms with van der Waals surface area (Å²) >= 11 is 0. The molecular weight excluding hydrogens is 204 g/mol. The molecule has 1 aliphatic heterocycles. The van der Waals surface area contributed by atoms with Crippen LogP contribution in [-0.4, -0.2) is 48.2 Å². The summed E-state index contributed by atoms with van der Waals surface area (Å²) in [6, 6.07) is 2.43. The fourth-order valence-corrected chi connectivity index (χ4v) is 2.01. The van der Waals surface area contributed by atoms with Crippen LogP contribution in [0.5, 0.6) is 5.88 Å². The van der Waals surface area contributed by atoms with E-state index in [9.17, 15) is 0 Å². The van der Waals surface area contributed by atoms with Crippen LogP contribution in [0, 0.1) is 0 Å². The highest BCUT2D eigenvalue weighted by Crippen LogP contribution is 2.16. The van der Waals surface area contributed by atoms with Gasteiger partial charge in [0, 0.05) is 18.7 Å². The number of likely N-dealkylation sites (tertiary alicyclic amines) is 1. The number of hydrogen-bond acceptors (Lipinski definition) is 5. The van der Waals surface area contributed by atoms with Gasteiger partial charge in [0.05, 0.1) is 7.11 Å². The van der Waals surface area contributed by atoms with Crippen molar-refractivity contribution >= 4 is 5.82 Å². The number of anilines is 1. The molecule has 5 heteroatoms. The molecular formula is C11H18N4O. The molecule has 0 aliphatic carbocycles. The summed E-state index contributed by atoms with van der Waals surface area (Å²) in [6.07, 6.45) is 4.06. The van der Waals surface area contributed by atoms with Crippen molar-refractivity contribution < 1.29 is 4.74 Å². The van der Waals surface area contributed by atoms with E-state index in [-0.39, 0.29) is 0 Å². The third kappa shape index (κ3) is 2.61. The summed E-state index contributed by atoms with van der Waals surface area (Å²) in [7, 11) is 3.77. The molecule has 1 fully saturated rings. The maximum atomic E-state index is 5.05. The molecule has 16 heavy (non-hydrogen) atoms. The molecule has 0 radical (unpaired) electrons. The van der Waals surface area contributed by atoms with Crippen LogP contribution in [0.15, 0.2) is 12.4 Å². The van der Waals surface area contributed by atoms with Gasteiger partial charge in [0.2, 0.25) is 5.88 Å². The van der Waals surface area contributed by atoms with Crippen LogP contribution in [0.4, 0.5) is 5.82 Å². The Kier molecular flexibility index (Phi) is 3.56. The van der Waals surface area contributed by atoms with Crippen LogP contribution in [0.3, 0.4) is 0 Å². The lowest BCUT2D eigenvalue weighted by atomic mass is 10.2. The molecule has 0 spiro atoms. The smallest absolute Gasteiger partial charge is 0.218 e. The normalized spacial score (nSPS) is 21.0. The van der Waals surface area contributed by atoms with E-state index >= 15 is 0 Å². The lowest BCUT2D eigenvalue weighted by Crippen LogP contribution is -2.31. The van der Waals surface area contributed by atoms with Gasteiger partial charge in [-0.25, -0.2) is 9.97 Å². The van der Waals surface area contributed by atoms with Crippen LogP contribution in [0.25, 0.3) is 0 Å². The minimum atomic E-state index is 0.595. The van der Waals surface area contributed by atoms with Gasteiger partial charge in [0.15, 0.2) is 0 Å². The van der Waals surface area contributed by atoms with Crippen molar-refractivity contribution in [2.24, 2.45) is 0 Å². The van der Waals surface area contributed by atoms with Gasteiger partial charge in [-0.3, -0.25) is 0 Å². The molecule has 1 N–H and O–H groups in total. The Hall–Kier alpha value is -1.36. The van der Waals surface area contributed by atoms with Crippen LogP contribution in [0.2, 0.25) is 0 Å². The predicted octanol–water partition coefficient (Wildman–Crippen LogP) is 0.991. The van der Waals surface area contributed by atoms with Gasteiger partial charge >= 0.3 is 0 Å². The molecule has 0 saturated carbocycles. The van der Waals surface area contributed by atoms with Crippen molar-refractivity contribution in [3.05, 3.63) is 12.4 Å². The van der Waals surface area contributed by atoms with E-state index < -0.39 is 0 Å². The molecule has 1 aliphatic rings. The summed E-state index contributed by atoms with van der Waals surface area (Å²) < 4.78 is 5.05. The number of hydrogen-bond donors (Lipinski definition) is 1. The fraction of sp³-hybridized carbons (Fsp3) is 0.636. The first-order valence-electron chi connectivity index (χ1n) is 5.60. The second-order valence-electron chi connectivity index (χ2n) is 4.10. The van der Waals surface area contributed by atoms with E-state index in [4.69, 9.17) is 4.74 Å². The number of ether oxygens (including phenoxy) is 1. The number of methoxy groups -OCH3 is 1. The minimum absolute atomic E-state index is 0.595. The first kappa shape index (κ1) is 11.1. The van der Waals surface area contributed by atoms with Crippen LogP contribution < -0.4 is 10.1 Å². The SMILES string of the molecule is COc1cc(NCC2CCCN2C)ncn1. The quantitative estimate of drug-likeness (QED) is 0.823. The average Bonchev–Trinajstić information content (AvgIpc) is 2.72. The minimum Gasteiger partial charge on any atom is -0.481 e. The fourth-order valence-electron chi connectivity index (χ4n) is 2.01. The van der Waals surface area contributed by atoms with Crippen molar-refractivity contribution in [1.82, 2.24) is 14.9 Å². The zero-order valence-electron chi connectivity index (χ0n) is 9.81. The van der Waals surface area contributed by atoms with Gasteiger partial charge in [0.1, 0.15) is 12.1 Å². The van der Waals surface area contributed by atoms with Gasteiger partial charge < -0.3 is 15.0 Å². The molecule has 0 bridgehead atoms. The highest BCUT2D eigenvalue weighted by Gasteiger charge is 2.20. The maximum absolute atomic E-state index is 5.05. The topological polar surface area (TPSA) is 50.3 Å². The van der Waals surface area contributed by atoms with Crippen molar-refractivity contribution in [3.8, 4) is 5.88 Å². The predicted molar refractivity (Wildman–Crippen MR) is 62.7 cm³/mol. The molecule has 88 valence electrons. The summed E-state index contributed by atoms with van der Waals surface area (Å²) in [5, 5.41) is 3.32. The Labute approximate surface area is 95.8 Å². The van der Waals surface area contributed by atoms with Gasteiger partial charge in [0.25, 0.3) is 0 Å². The Balaban J connectivity index is 1.88. The van der Waals surface area contributed by atoms with Crippen LogP contribution in [-0.2, 0) is 0 Å². The van der Waals surface area contributed by atoms with Crippen LogP contribution in [0.1, 0.15) is 12.8 Å². The molecule has 5 nitrogen and oxygen atoms in total. The third-order valence-electron chi connectivity index (χ3n) is 3.04. The summed E-state index contributed by atoms with van der Waals surface area (Å²) in [6.45, 7) is 2.12. The van der Waals surface area contributed by atoms with Gasteiger partial charge in [-0.15, -0.1) is 0 Å². The first-order valence-corrected chi connectivity index (χ1v) is 5.60. The Morgan fingerprint density at radius 3 is 3.12 bits per heavy atom. The van der Waals surface area contributed by atoms with E-state index in [2.05, 4.69) is 27.2 Å². The molecule has 1 unspecified atom stereocenters. The summed E-state index contributed by atoms with van der Waals surface area (Å²) in [5.74, 6) is 1.42.